The molecule has 0 aliphatic carbocycles. The second kappa shape index (κ2) is 16.0. The second-order valence-corrected chi connectivity index (χ2v) is 11.7. The maximum absolute atomic E-state index is 14.4. The number of hydrogen-bond acceptors (Lipinski definition) is 7. The Labute approximate surface area is 268 Å². The molecule has 0 unspecified atom stereocenters. The Morgan fingerprint density at radius 2 is 1.78 bits per heavy atom. The van der Waals surface area contributed by atoms with Crippen LogP contribution in [0.4, 0.5) is 4.39 Å². The number of nitrogens with one attached hydrogen (secondary N) is 3. The Hall–Kier alpha value is -4.81. The zero-order chi connectivity index (χ0) is 33.2. The summed E-state index contributed by atoms with van der Waals surface area (Å²) in [5.74, 6) is -1.30. The molecule has 46 heavy (non-hydrogen) atoms. The topological polar surface area (TPSA) is 148 Å². The SMILES string of the molecule is COc1ccc(C(=O)N2CCCNC(=O)Cn3nc(C)nc3[C@H](C(C)C)NC(=O)[C@@H](Cc3ccccc3)NC(=O)CCC2)cc1F. The standard InChI is InChI=1S/C33H42FN7O5/c1-21(2)30-31-36-22(3)39-41(31)20-29(43)35-15-9-17-40(33(45)24-13-14-27(46-4)25(34)19-24)16-8-12-28(42)37-26(32(44)38-30)18-23-10-6-5-7-11-23/h5-7,10-11,13-14,19,21,26,30H,8-9,12,15-18,20H2,1-4H3,(H,35,43)(H,37,42)(H,38,44)/t26-,30+/m1/s1. The van der Waals surface area contributed by atoms with E-state index in [4.69, 9.17) is 4.74 Å². The van der Waals surface area contributed by atoms with Gasteiger partial charge in [-0.3, -0.25) is 19.2 Å². The van der Waals surface area contributed by atoms with Crippen LogP contribution in [0.2, 0.25) is 0 Å². The summed E-state index contributed by atoms with van der Waals surface area (Å²) in [6.07, 6.45) is 1.04. The van der Waals surface area contributed by atoms with E-state index in [-0.39, 0.29) is 68.1 Å². The van der Waals surface area contributed by atoms with Crippen molar-refractivity contribution in [3.05, 3.63) is 77.1 Å². The van der Waals surface area contributed by atoms with Gasteiger partial charge in [-0.2, -0.15) is 5.10 Å². The zero-order valence-corrected chi connectivity index (χ0v) is 26.7. The molecule has 1 aliphatic rings. The highest BCUT2D eigenvalue weighted by molar-refractivity contribution is 5.94. The van der Waals surface area contributed by atoms with E-state index in [2.05, 4.69) is 26.0 Å². The number of halogens is 1. The molecule has 1 aliphatic heterocycles. The van der Waals surface area contributed by atoms with E-state index in [1.807, 2.05) is 44.2 Å². The lowest BCUT2D eigenvalue weighted by atomic mass is 10.0. The molecule has 1 aromatic heterocycles. The molecule has 0 radical (unpaired) electrons. The highest BCUT2D eigenvalue weighted by atomic mass is 19.1. The Balaban J connectivity index is 1.60. The minimum atomic E-state index is -0.893. The van der Waals surface area contributed by atoms with E-state index >= 15 is 0 Å². The quantitative estimate of drug-likeness (QED) is 0.391. The summed E-state index contributed by atoms with van der Waals surface area (Å²) < 4.78 is 20.9. The predicted molar refractivity (Wildman–Crippen MR) is 168 cm³/mol. The molecule has 2 atom stereocenters. The smallest absolute Gasteiger partial charge is 0.253 e. The van der Waals surface area contributed by atoms with Gasteiger partial charge >= 0.3 is 0 Å². The normalized spacial score (nSPS) is 18.9. The number of rotatable bonds is 5. The van der Waals surface area contributed by atoms with E-state index in [1.54, 1.807) is 6.92 Å². The zero-order valence-electron chi connectivity index (χ0n) is 26.7. The molecule has 4 amide bonds. The fourth-order valence-corrected chi connectivity index (χ4v) is 5.34. The van der Waals surface area contributed by atoms with E-state index in [9.17, 15) is 23.6 Å². The van der Waals surface area contributed by atoms with Crippen molar-refractivity contribution in [1.29, 1.82) is 0 Å². The first-order chi connectivity index (χ1) is 22.0. The predicted octanol–water partition coefficient (Wildman–Crippen LogP) is 2.72. The minimum absolute atomic E-state index is 0.0233. The Bertz CT molecular complexity index is 1530. The average Bonchev–Trinajstić information content (AvgIpc) is 3.38. The molecular formula is C33H42FN7O5. The van der Waals surface area contributed by atoms with Crippen LogP contribution in [0.15, 0.2) is 48.5 Å². The first-order valence-electron chi connectivity index (χ1n) is 15.5. The lowest BCUT2D eigenvalue weighted by Crippen LogP contribution is -2.50. The van der Waals surface area contributed by atoms with Crippen molar-refractivity contribution in [2.45, 2.75) is 65.1 Å². The number of aromatic nitrogens is 3. The molecule has 3 aromatic rings. The number of carbonyl (C=O) groups excluding carboxylic acids is 4. The van der Waals surface area contributed by atoms with Gasteiger partial charge in [0, 0.05) is 38.0 Å². The van der Waals surface area contributed by atoms with Gasteiger partial charge in [-0.1, -0.05) is 44.2 Å². The van der Waals surface area contributed by atoms with Crippen LogP contribution in [0.1, 0.15) is 66.7 Å². The number of aryl methyl sites for hydroxylation is 1. The fourth-order valence-electron chi connectivity index (χ4n) is 5.34. The Kier molecular flexibility index (Phi) is 11.8. The van der Waals surface area contributed by atoms with Gasteiger partial charge in [0.1, 0.15) is 18.4 Å². The lowest BCUT2D eigenvalue weighted by Gasteiger charge is -2.26. The van der Waals surface area contributed by atoms with Crippen LogP contribution in [-0.2, 0) is 27.3 Å². The van der Waals surface area contributed by atoms with E-state index < -0.39 is 29.7 Å². The third kappa shape index (κ3) is 9.11. The molecule has 0 saturated carbocycles. The number of methoxy groups -OCH3 is 1. The fraction of sp³-hybridized carbons (Fsp3) is 0.455. The molecule has 0 saturated heterocycles. The van der Waals surface area contributed by atoms with Crippen LogP contribution >= 0.6 is 0 Å². The lowest BCUT2D eigenvalue weighted by molar-refractivity contribution is -0.129. The van der Waals surface area contributed by atoms with Crippen molar-refractivity contribution >= 4 is 23.6 Å². The van der Waals surface area contributed by atoms with Crippen LogP contribution in [0, 0.1) is 18.7 Å². The summed E-state index contributed by atoms with van der Waals surface area (Å²) in [5, 5.41) is 13.2. The highest BCUT2D eigenvalue weighted by Crippen LogP contribution is 2.22. The van der Waals surface area contributed by atoms with Crippen molar-refractivity contribution < 1.29 is 28.3 Å². The van der Waals surface area contributed by atoms with Crippen LogP contribution in [-0.4, -0.2) is 76.1 Å². The van der Waals surface area contributed by atoms with Crippen molar-refractivity contribution in [2.75, 3.05) is 26.7 Å². The maximum Gasteiger partial charge on any atom is 0.253 e. The van der Waals surface area contributed by atoms with E-state index in [1.165, 1.54) is 28.8 Å². The molecule has 13 heteroatoms. The van der Waals surface area contributed by atoms with Gasteiger partial charge in [-0.05, 0) is 49.4 Å². The number of carbonyl (C=O) groups is 4. The average molecular weight is 636 g/mol. The Morgan fingerprint density at radius 3 is 2.48 bits per heavy atom. The van der Waals surface area contributed by atoms with Crippen LogP contribution < -0.4 is 20.7 Å². The number of benzene rings is 2. The van der Waals surface area contributed by atoms with Crippen molar-refractivity contribution in [3.63, 3.8) is 0 Å². The number of hydrogen-bond donors (Lipinski definition) is 3. The molecule has 0 fully saturated rings. The number of amides is 4. The van der Waals surface area contributed by atoms with Crippen molar-refractivity contribution in [1.82, 2.24) is 35.6 Å². The van der Waals surface area contributed by atoms with Crippen LogP contribution in [0.3, 0.4) is 0 Å². The van der Waals surface area contributed by atoms with Crippen LogP contribution in [0.25, 0.3) is 0 Å². The summed E-state index contributed by atoms with van der Waals surface area (Å²) in [4.78, 5) is 59.4. The van der Waals surface area contributed by atoms with E-state index in [0.717, 1.165) is 11.6 Å². The molecule has 2 heterocycles. The third-order valence-electron chi connectivity index (χ3n) is 7.72. The van der Waals surface area contributed by atoms with Gasteiger partial charge < -0.3 is 25.6 Å². The first kappa shape index (κ1) is 34.1. The largest absolute Gasteiger partial charge is 0.494 e. The summed E-state index contributed by atoms with van der Waals surface area (Å²) in [6.45, 7) is 6.21. The van der Waals surface area contributed by atoms with Gasteiger partial charge in [0.25, 0.3) is 5.91 Å². The molecule has 2 aromatic carbocycles. The Morgan fingerprint density at radius 1 is 1.04 bits per heavy atom. The van der Waals surface area contributed by atoms with Crippen molar-refractivity contribution in [3.8, 4) is 5.75 Å². The molecule has 4 rings (SSSR count). The highest BCUT2D eigenvalue weighted by Gasteiger charge is 2.30. The molecule has 0 bridgehead atoms. The second-order valence-electron chi connectivity index (χ2n) is 11.7. The van der Waals surface area contributed by atoms with E-state index in [0.29, 0.717) is 24.5 Å². The number of ether oxygens (including phenoxy) is 1. The summed E-state index contributed by atoms with van der Waals surface area (Å²) >= 11 is 0. The van der Waals surface area contributed by atoms with Gasteiger partial charge in [0.2, 0.25) is 17.7 Å². The number of nitrogens with zero attached hydrogens (tertiary/aromatic N) is 4. The van der Waals surface area contributed by atoms with Gasteiger partial charge in [-0.25, -0.2) is 14.1 Å². The van der Waals surface area contributed by atoms with Crippen LogP contribution in [0.5, 0.6) is 5.75 Å². The molecule has 0 spiro atoms. The van der Waals surface area contributed by atoms with Gasteiger partial charge in [-0.15, -0.1) is 0 Å². The number of fused-ring (bicyclic) bond motifs is 1. The molecule has 246 valence electrons. The van der Waals surface area contributed by atoms with Crippen molar-refractivity contribution in [2.24, 2.45) is 5.92 Å². The minimum Gasteiger partial charge on any atom is -0.494 e. The first-order valence-corrected chi connectivity index (χ1v) is 15.5. The third-order valence-corrected chi connectivity index (χ3v) is 7.72. The summed E-state index contributed by atoms with van der Waals surface area (Å²) in [7, 11) is 1.34. The van der Waals surface area contributed by atoms with Gasteiger partial charge in [0.05, 0.1) is 13.2 Å². The molecule has 12 nitrogen and oxygen atoms in total. The molecule has 3 N–H and O–H groups in total. The molecular weight excluding hydrogens is 593 g/mol. The maximum atomic E-state index is 14.4. The summed E-state index contributed by atoms with van der Waals surface area (Å²) in [5.41, 5.74) is 1.01. The summed E-state index contributed by atoms with van der Waals surface area (Å²) in [6, 6.07) is 11.9. The monoisotopic (exact) mass is 635 g/mol. The van der Waals surface area contributed by atoms with Gasteiger partial charge in [0.15, 0.2) is 17.4 Å².